The van der Waals surface area contributed by atoms with Gasteiger partial charge in [0.15, 0.2) is 0 Å². The lowest BCUT2D eigenvalue weighted by molar-refractivity contribution is 0.0930. The zero-order chi connectivity index (χ0) is 26.5. The highest BCUT2D eigenvalue weighted by molar-refractivity contribution is 6.33. The van der Waals surface area contributed by atoms with E-state index in [4.69, 9.17) is 21.3 Å². The molecule has 0 aliphatic heterocycles. The van der Waals surface area contributed by atoms with E-state index in [1.54, 1.807) is 12.1 Å². The first-order valence-corrected chi connectivity index (χ1v) is 12.5. The number of aryl methyl sites for hydroxylation is 1. The topological polar surface area (TPSA) is 99.6 Å². The molecule has 1 unspecified atom stereocenters. The van der Waals surface area contributed by atoms with Gasteiger partial charge >= 0.3 is 0 Å². The molecule has 2 aromatic heterocycles. The fourth-order valence-electron chi connectivity index (χ4n) is 4.23. The van der Waals surface area contributed by atoms with Crippen molar-refractivity contribution in [1.29, 1.82) is 5.26 Å². The fraction of sp³-hybridized carbons (Fsp3) is 0.276. The normalized spacial score (nSPS) is 11.9. The number of halogens is 1. The van der Waals surface area contributed by atoms with Gasteiger partial charge in [0.05, 0.1) is 22.4 Å². The molecule has 2 heterocycles. The van der Waals surface area contributed by atoms with E-state index in [2.05, 4.69) is 11.4 Å². The number of aliphatic hydroxyl groups excluding tert-OH is 1. The van der Waals surface area contributed by atoms with Crippen LogP contribution < -0.4 is 10.1 Å². The van der Waals surface area contributed by atoms with Gasteiger partial charge in [-0.2, -0.15) is 5.26 Å². The molecule has 2 N–H and O–H groups in total. The molecule has 0 saturated carbocycles. The average molecular weight is 517 g/mol. The summed E-state index contributed by atoms with van der Waals surface area (Å²) in [4.78, 5) is 17.7. The van der Waals surface area contributed by atoms with Crippen molar-refractivity contribution in [2.24, 2.45) is 0 Å². The van der Waals surface area contributed by atoms with E-state index in [1.165, 1.54) is 6.07 Å². The second-order valence-corrected chi connectivity index (χ2v) is 9.65. The number of aliphatic hydroxyl groups is 1. The zero-order valence-corrected chi connectivity index (χ0v) is 21.8. The number of amides is 1. The number of ether oxygens (including phenoxy) is 1. The molecule has 4 aromatic rings. The minimum Gasteiger partial charge on any atom is -0.490 e. The van der Waals surface area contributed by atoms with Crippen molar-refractivity contribution >= 4 is 23.2 Å². The summed E-state index contributed by atoms with van der Waals surface area (Å²) in [5.41, 5.74) is 5.13. The monoisotopic (exact) mass is 516 g/mol. The third-order valence-corrected chi connectivity index (χ3v) is 6.32. The lowest BCUT2D eigenvalue weighted by Crippen LogP contribution is -2.37. The number of nitrogens with zero attached hydrogens (tertiary/aromatic N) is 3. The van der Waals surface area contributed by atoms with Gasteiger partial charge < -0.3 is 19.6 Å². The summed E-state index contributed by atoms with van der Waals surface area (Å²) in [7, 11) is 0. The number of hydrogen-bond acceptors (Lipinski definition) is 5. The van der Waals surface area contributed by atoms with Crippen molar-refractivity contribution in [2.75, 3.05) is 6.61 Å². The Balaban J connectivity index is 1.50. The van der Waals surface area contributed by atoms with Gasteiger partial charge in [-0.3, -0.25) is 4.79 Å². The molecule has 1 atom stereocenters. The Morgan fingerprint density at radius 3 is 2.73 bits per heavy atom. The standard InChI is InChI=1S/C29H29ClN4O3/c1-18(2)37-27-9-7-21(15-22(27)16-31)29(36)32-23(10-12-35)13-20-6-8-24(25(30)14-20)26-17-34-11-4-5-19(3)28(34)33-26/h4-9,11,14-15,17-18,23,35H,10,12-13H2,1-3H3,(H,32,36). The molecule has 1 amide bonds. The second-order valence-electron chi connectivity index (χ2n) is 9.24. The number of rotatable bonds is 9. The summed E-state index contributed by atoms with van der Waals surface area (Å²) in [5.74, 6) is 0.116. The smallest absolute Gasteiger partial charge is 0.251 e. The summed E-state index contributed by atoms with van der Waals surface area (Å²) < 4.78 is 7.61. The van der Waals surface area contributed by atoms with E-state index in [0.717, 1.165) is 28.0 Å². The minimum atomic E-state index is -0.325. The fourth-order valence-corrected chi connectivity index (χ4v) is 4.53. The van der Waals surface area contributed by atoms with Crippen LogP contribution in [0.25, 0.3) is 16.9 Å². The van der Waals surface area contributed by atoms with Crippen LogP contribution in [0.1, 0.15) is 47.3 Å². The number of pyridine rings is 1. The van der Waals surface area contributed by atoms with Crippen molar-refractivity contribution in [3.05, 3.63) is 88.2 Å². The highest BCUT2D eigenvalue weighted by Gasteiger charge is 2.18. The molecule has 7 nitrogen and oxygen atoms in total. The van der Waals surface area contributed by atoms with Gasteiger partial charge in [-0.15, -0.1) is 0 Å². The molecule has 2 aromatic carbocycles. The largest absolute Gasteiger partial charge is 0.490 e. The quantitative estimate of drug-likeness (QED) is 0.312. The number of benzene rings is 2. The molecule has 190 valence electrons. The van der Waals surface area contributed by atoms with Gasteiger partial charge in [-0.1, -0.05) is 29.8 Å². The van der Waals surface area contributed by atoms with E-state index in [-0.39, 0.29) is 24.7 Å². The lowest BCUT2D eigenvalue weighted by Gasteiger charge is -2.19. The first kappa shape index (κ1) is 26.2. The number of carbonyl (C=O) groups is 1. The highest BCUT2D eigenvalue weighted by atomic mass is 35.5. The molecule has 0 aliphatic carbocycles. The second kappa shape index (κ2) is 11.5. The SMILES string of the molecule is Cc1cccn2cc(-c3ccc(CC(CCO)NC(=O)c4ccc(OC(C)C)c(C#N)c4)cc3Cl)nc12. The zero-order valence-electron chi connectivity index (χ0n) is 21.0. The Hall–Kier alpha value is -3.86. The van der Waals surface area contributed by atoms with E-state index < -0.39 is 0 Å². The van der Waals surface area contributed by atoms with Crippen LogP contribution in [-0.4, -0.2) is 39.2 Å². The third kappa shape index (κ3) is 6.11. The molecule has 4 rings (SSSR count). The molecule has 0 bridgehead atoms. The Labute approximate surface area is 221 Å². The van der Waals surface area contributed by atoms with Gasteiger partial charge in [0.2, 0.25) is 0 Å². The first-order valence-electron chi connectivity index (χ1n) is 12.1. The third-order valence-electron chi connectivity index (χ3n) is 6.01. The number of nitriles is 1. The Morgan fingerprint density at radius 2 is 2.05 bits per heavy atom. The van der Waals surface area contributed by atoms with Crippen molar-refractivity contribution in [3.8, 4) is 23.1 Å². The minimum absolute atomic E-state index is 0.0814. The predicted molar refractivity (Wildman–Crippen MR) is 144 cm³/mol. The van der Waals surface area contributed by atoms with Gasteiger partial charge in [0.25, 0.3) is 5.91 Å². The summed E-state index contributed by atoms with van der Waals surface area (Å²) in [6, 6.07) is 16.3. The number of carbonyl (C=O) groups excluding carboxylic acids is 1. The van der Waals surface area contributed by atoms with Crippen molar-refractivity contribution in [2.45, 2.75) is 45.8 Å². The van der Waals surface area contributed by atoms with Gasteiger partial charge in [-0.25, -0.2) is 4.98 Å². The summed E-state index contributed by atoms with van der Waals surface area (Å²) >= 11 is 6.65. The van der Waals surface area contributed by atoms with Crippen molar-refractivity contribution in [3.63, 3.8) is 0 Å². The number of aromatic nitrogens is 2. The van der Waals surface area contributed by atoms with E-state index in [0.29, 0.717) is 34.7 Å². The van der Waals surface area contributed by atoms with Gasteiger partial charge in [-0.05, 0) is 75.1 Å². The Kier molecular flexibility index (Phi) is 8.12. The number of hydrogen-bond donors (Lipinski definition) is 2. The van der Waals surface area contributed by atoms with E-state index >= 15 is 0 Å². The van der Waals surface area contributed by atoms with Crippen LogP contribution in [0.15, 0.2) is 60.9 Å². The van der Waals surface area contributed by atoms with Crippen LogP contribution in [0, 0.1) is 18.3 Å². The van der Waals surface area contributed by atoms with Crippen molar-refractivity contribution < 1.29 is 14.6 Å². The van der Waals surface area contributed by atoms with E-state index in [9.17, 15) is 15.2 Å². The van der Waals surface area contributed by atoms with Crippen LogP contribution in [0.4, 0.5) is 0 Å². The van der Waals surface area contributed by atoms with Gasteiger partial charge in [0.1, 0.15) is 17.5 Å². The number of imidazole rings is 1. The van der Waals surface area contributed by atoms with Crippen LogP contribution in [-0.2, 0) is 6.42 Å². The molecule has 8 heteroatoms. The Morgan fingerprint density at radius 1 is 1.24 bits per heavy atom. The molecule has 0 fully saturated rings. The molecule has 0 radical (unpaired) electrons. The number of fused-ring (bicyclic) bond motifs is 1. The summed E-state index contributed by atoms with van der Waals surface area (Å²) in [6.07, 6.45) is 4.67. The average Bonchev–Trinajstić information content (AvgIpc) is 3.29. The summed E-state index contributed by atoms with van der Waals surface area (Å²) in [6.45, 7) is 5.68. The maximum absolute atomic E-state index is 13.0. The maximum atomic E-state index is 13.0. The molecular formula is C29H29ClN4O3. The van der Waals surface area contributed by atoms with Crippen LogP contribution in [0.3, 0.4) is 0 Å². The molecule has 0 aliphatic rings. The number of nitrogens with one attached hydrogen (secondary N) is 1. The van der Waals surface area contributed by atoms with Crippen LogP contribution >= 0.6 is 11.6 Å². The lowest BCUT2D eigenvalue weighted by atomic mass is 10.0. The molecular weight excluding hydrogens is 488 g/mol. The van der Waals surface area contributed by atoms with E-state index in [1.807, 2.05) is 67.9 Å². The molecule has 0 spiro atoms. The maximum Gasteiger partial charge on any atom is 0.251 e. The molecule has 37 heavy (non-hydrogen) atoms. The predicted octanol–water partition coefficient (Wildman–Crippen LogP) is 5.35. The molecule has 0 saturated heterocycles. The van der Waals surface area contributed by atoms with Crippen LogP contribution in [0.5, 0.6) is 5.75 Å². The van der Waals surface area contributed by atoms with Crippen molar-refractivity contribution in [1.82, 2.24) is 14.7 Å². The van der Waals surface area contributed by atoms with Crippen LogP contribution in [0.2, 0.25) is 5.02 Å². The highest BCUT2D eigenvalue weighted by Crippen LogP contribution is 2.29. The summed E-state index contributed by atoms with van der Waals surface area (Å²) in [5, 5.41) is 22.6. The van der Waals surface area contributed by atoms with Gasteiger partial charge in [0, 0.05) is 36.2 Å². The Bertz CT molecular complexity index is 1470. The first-order chi connectivity index (χ1) is 17.8.